The van der Waals surface area contributed by atoms with Gasteiger partial charge < -0.3 is 14.8 Å². The minimum absolute atomic E-state index is 0.0795. The molecule has 0 aliphatic carbocycles. The van der Waals surface area contributed by atoms with Crippen molar-refractivity contribution < 1.29 is 22.7 Å². The number of amides is 1. The number of carbonyl (C=O) groups is 1. The van der Waals surface area contributed by atoms with E-state index in [1.54, 1.807) is 54.6 Å². The van der Waals surface area contributed by atoms with Gasteiger partial charge in [0.15, 0.2) is 5.11 Å². The highest BCUT2D eigenvalue weighted by Gasteiger charge is 2.16. The van der Waals surface area contributed by atoms with Gasteiger partial charge in [-0.1, -0.05) is 38.3 Å². The third kappa shape index (κ3) is 8.74. The molecule has 0 heterocycles. The lowest BCUT2D eigenvalue weighted by Gasteiger charge is -2.13. The average molecular weight is 556 g/mol. The first-order valence-corrected chi connectivity index (χ1v) is 14.4. The molecule has 1 amide bonds. The Morgan fingerprint density at radius 3 is 2.21 bits per heavy atom. The van der Waals surface area contributed by atoms with E-state index in [0.717, 1.165) is 25.7 Å². The van der Waals surface area contributed by atoms with Crippen LogP contribution in [0, 0.1) is 0 Å². The smallest absolute Gasteiger partial charge is 0.261 e. The molecule has 0 fully saturated rings. The Morgan fingerprint density at radius 1 is 0.842 bits per heavy atom. The summed E-state index contributed by atoms with van der Waals surface area (Å²) in [6.45, 7) is 5.09. The topological polar surface area (TPSA) is 106 Å². The van der Waals surface area contributed by atoms with Gasteiger partial charge in [-0.3, -0.25) is 14.8 Å². The fourth-order valence-electron chi connectivity index (χ4n) is 3.54. The number of carbonyl (C=O) groups excluding carboxylic acids is 1. The van der Waals surface area contributed by atoms with E-state index in [1.807, 2.05) is 13.0 Å². The number of rotatable bonds is 13. The maximum absolute atomic E-state index is 12.8. The van der Waals surface area contributed by atoms with Crippen molar-refractivity contribution in [3.8, 4) is 11.5 Å². The van der Waals surface area contributed by atoms with E-state index in [1.165, 1.54) is 12.1 Å². The molecule has 3 rings (SSSR count). The molecule has 3 aromatic rings. The summed E-state index contributed by atoms with van der Waals surface area (Å²) in [5.41, 5.74) is 1.33. The van der Waals surface area contributed by atoms with Crippen LogP contribution in [0.3, 0.4) is 0 Å². The summed E-state index contributed by atoms with van der Waals surface area (Å²) < 4.78 is 39.2. The standard InChI is InChI=1S/C28H33N3O5S2/c1-3-5-6-9-20-36-26-11-8-7-10-25(26)27(32)30-28(37)29-21-14-18-24(19-15-21)38(33,34)31-22-12-16-23(17-13-22)35-4-2/h7-8,10-19,31H,3-6,9,20H2,1-2H3,(H2,29,30,32,37). The van der Waals surface area contributed by atoms with Gasteiger partial charge >= 0.3 is 0 Å². The molecule has 0 aliphatic heterocycles. The number of anilines is 2. The number of para-hydroxylation sites is 1. The molecule has 0 atom stereocenters. The van der Waals surface area contributed by atoms with Gasteiger partial charge in [-0.25, -0.2) is 8.42 Å². The molecule has 8 nitrogen and oxygen atoms in total. The van der Waals surface area contributed by atoms with Crippen LogP contribution >= 0.6 is 12.2 Å². The molecule has 10 heteroatoms. The zero-order chi connectivity index (χ0) is 27.4. The summed E-state index contributed by atoms with van der Waals surface area (Å²) in [5.74, 6) is 0.761. The van der Waals surface area contributed by atoms with Crippen LogP contribution in [0.2, 0.25) is 0 Å². The fraction of sp³-hybridized carbons (Fsp3) is 0.286. The Hall–Kier alpha value is -3.63. The molecule has 0 saturated heterocycles. The van der Waals surface area contributed by atoms with E-state index in [2.05, 4.69) is 22.3 Å². The number of hydrogen-bond acceptors (Lipinski definition) is 6. The molecular formula is C28H33N3O5S2. The van der Waals surface area contributed by atoms with Gasteiger partial charge in [-0.2, -0.15) is 0 Å². The molecule has 0 saturated carbocycles. The van der Waals surface area contributed by atoms with E-state index in [4.69, 9.17) is 21.7 Å². The molecule has 38 heavy (non-hydrogen) atoms. The molecule has 0 unspecified atom stereocenters. The first-order valence-electron chi connectivity index (χ1n) is 12.5. The SMILES string of the molecule is CCCCCCOc1ccccc1C(=O)NC(=S)Nc1ccc(S(=O)(=O)Nc2ccc(OCC)cc2)cc1. The van der Waals surface area contributed by atoms with Crippen LogP contribution in [-0.4, -0.2) is 32.7 Å². The van der Waals surface area contributed by atoms with Crippen molar-refractivity contribution in [2.24, 2.45) is 0 Å². The maximum Gasteiger partial charge on any atom is 0.261 e. The number of unbranched alkanes of at least 4 members (excludes halogenated alkanes) is 3. The molecule has 0 spiro atoms. The second-order valence-corrected chi connectivity index (χ2v) is 10.5. The van der Waals surface area contributed by atoms with E-state index >= 15 is 0 Å². The minimum Gasteiger partial charge on any atom is -0.494 e. The van der Waals surface area contributed by atoms with Crippen molar-refractivity contribution in [1.29, 1.82) is 0 Å². The molecule has 3 aromatic carbocycles. The predicted molar refractivity (Wildman–Crippen MR) is 155 cm³/mol. The normalized spacial score (nSPS) is 10.9. The monoisotopic (exact) mass is 555 g/mol. The van der Waals surface area contributed by atoms with Crippen LogP contribution in [0.25, 0.3) is 0 Å². The van der Waals surface area contributed by atoms with Crippen LogP contribution in [0.4, 0.5) is 11.4 Å². The van der Waals surface area contributed by atoms with Crippen LogP contribution in [-0.2, 0) is 10.0 Å². The number of thiocarbonyl (C=S) groups is 1. The third-order valence-corrected chi connectivity index (χ3v) is 7.06. The summed E-state index contributed by atoms with van der Waals surface area (Å²) >= 11 is 5.29. The zero-order valence-corrected chi connectivity index (χ0v) is 23.2. The van der Waals surface area contributed by atoms with Gasteiger partial charge in [0, 0.05) is 11.4 Å². The van der Waals surface area contributed by atoms with Gasteiger partial charge in [0.2, 0.25) is 0 Å². The Bertz CT molecular complexity index is 1310. The van der Waals surface area contributed by atoms with Gasteiger partial charge in [-0.05, 0) is 86.2 Å². The van der Waals surface area contributed by atoms with Crippen LogP contribution in [0.5, 0.6) is 11.5 Å². The second kappa shape index (κ2) is 14.3. The number of nitrogens with one attached hydrogen (secondary N) is 3. The lowest BCUT2D eigenvalue weighted by molar-refractivity contribution is 0.0973. The molecular weight excluding hydrogens is 522 g/mol. The van der Waals surface area contributed by atoms with Crippen molar-refractivity contribution >= 4 is 44.6 Å². The van der Waals surface area contributed by atoms with Crippen molar-refractivity contribution in [3.05, 3.63) is 78.4 Å². The lowest BCUT2D eigenvalue weighted by Crippen LogP contribution is -2.34. The Kier molecular flexibility index (Phi) is 10.9. The lowest BCUT2D eigenvalue weighted by atomic mass is 10.2. The molecule has 202 valence electrons. The summed E-state index contributed by atoms with van der Waals surface area (Å²) in [5, 5.41) is 5.63. The highest BCUT2D eigenvalue weighted by atomic mass is 32.2. The van der Waals surface area contributed by atoms with Crippen molar-refractivity contribution in [2.45, 2.75) is 44.4 Å². The maximum atomic E-state index is 12.8. The molecule has 0 aromatic heterocycles. The first kappa shape index (κ1) is 28.9. The van der Waals surface area contributed by atoms with Crippen LogP contribution < -0.4 is 24.8 Å². The van der Waals surface area contributed by atoms with Gasteiger partial charge in [0.1, 0.15) is 11.5 Å². The molecule has 0 aliphatic rings. The van der Waals surface area contributed by atoms with Crippen molar-refractivity contribution in [1.82, 2.24) is 5.32 Å². The van der Waals surface area contributed by atoms with Crippen molar-refractivity contribution in [3.63, 3.8) is 0 Å². The average Bonchev–Trinajstić information content (AvgIpc) is 2.90. The van der Waals surface area contributed by atoms with E-state index < -0.39 is 15.9 Å². The fourth-order valence-corrected chi connectivity index (χ4v) is 4.81. The zero-order valence-electron chi connectivity index (χ0n) is 21.5. The van der Waals surface area contributed by atoms with Gasteiger partial charge in [0.05, 0.1) is 23.7 Å². The predicted octanol–water partition coefficient (Wildman–Crippen LogP) is 5.97. The van der Waals surface area contributed by atoms with E-state index in [0.29, 0.717) is 41.7 Å². The molecule has 3 N–H and O–H groups in total. The number of sulfonamides is 1. The third-order valence-electron chi connectivity index (χ3n) is 5.45. The molecule has 0 radical (unpaired) electrons. The second-order valence-electron chi connectivity index (χ2n) is 8.40. The first-order chi connectivity index (χ1) is 18.3. The highest BCUT2D eigenvalue weighted by molar-refractivity contribution is 7.92. The molecule has 0 bridgehead atoms. The number of ether oxygens (including phenoxy) is 2. The quantitative estimate of drug-likeness (QED) is 0.176. The Morgan fingerprint density at radius 2 is 1.53 bits per heavy atom. The Balaban J connectivity index is 1.56. The summed E-state index contributed by atoms with van der Waals surface area (Å²) in [6.07, 6.45) is 4.29. The van der Waals surface area contributed by atoms with Crippen LogP contribution in [0.1, 0.15) is 49.9 Å². The van der Waals surface area contributed by atoms with Gasteiger partial charge in [-0.15, -0.1) is 0 Å². The van der Waals surface area contributed by atoms with E-state index in [-0.39, 0.29) is 10.0 Å². The largest absolute Gasteiger partial charge is 0.494 e. The van der Waals surface area contributed by atoms with E-state index in [9.17, 15) is 13.2 Å². The van der Waals surface area contributed by atoms with Gasteiger partial charge in [0.25, 0.3) is 15.9 Å². The summed E-state index contributed by atoms with van der Waals surface area (Å²) in [6, 6.07) is 19.7. The summed E-state index contributed by atoms with van der Waals surface area (Å²) in [7, 11) is -3.79. The minimum atomic E-state index is -3.79. The Labute approximate surface area is 229 Å². The number of benzene rings is 3. The summed E-state index contributed by atoms with van der Waals surface area (Å²) in [4.78, 5) is 12.9. The highest BCUT2D eigenvalue weighted by Crippen LogP contribution is 2.21. The van der Waals surface area contributed by atoms with Crippen molar-refractivity contribution in [2.75, 3.05) is 23.3 Å². The number of hydrogen-bond donors (Lipinski definition) is 3. The van der Waals surface area contributed by atoms with Crippen LogP contribution in [0.15, 0.2) is 77.7 Å².